The van der Waals surface area contributed by atoms with Crippen LogP contribution in [0.3, 0.4) is 0 Å². The zero-order valence-corrected chi connectivity index (χ0v) is 16.3. The molecule has 4 aromatic rings. The van der Waals surface area contributed by atoms with Crippen molar-refractivity contribution in [3.63, 3.8) is 0 Å². The van der Waals surface area contributed by atoms with Gasteiger partial charge in [-0.25, -0.2) is 9.37 Å². The molecule has 0 N–H and O–H groups in total. The molecule has 1 aromatic carbocycles. The zero-order valence-electron chi connectivity index (χ0n) is 15.5. The topological polar surface area (TPSA) is 63.9 Å². The second-order valence-corrected chi connectivity index (χ2v) is 7.32. The molecule has 0 atom stereocenters. The number of rotatable bonds is 5. The van der Waals surface area contributed by atoms with Crippen molar-refractivity contribution < 1.29 is 9.18 Å². The van der Waals surface area contributed by atoms with Crippen molar-refractivity contribution in [2.75, 3.05) is 4.90 Å². The number of aromatic nitrogens is 4. The third-order valence-corrected chi connectivity index (χ3v) is 5.32. The first kappa shape index (κ1) is 18.2. The van der Waals surface area contributed by atoms with Gasteiger partial charge in [-0.15, -0.1) is 0 Å². The van der Waals surface area contributed by atoms with E-state index in [1.807, 2.05) is 32.0 Å². The van der Waals surface area contributed by atoms with Crippen molar-refractivity contribution in [3.8, 4) is 0 Å². The summed E-state index contributed by atoms with van der Waals surface area (Å²) in [6, 6.07) is 11.7. The van der Waals surface area contributed by atoms with Crippen molar-refractivity contribution in [1.29, 1.82) is 0 Å². The van der Waals surface area contributed by atoms with Gasteiger partial charge in [0.2, 0.25) is 0 Å². The molecular weight excluding hydrogens is 377 g/mol. The fourth-order valence-electron chi connectivity index (χ4n) is 2.98. The van der Waals surface area contributed by atoms with Gasteiger partial charge < -0.3 is 0 Å². The average Bonchev–Trinajstić information content (AvgIpc) is 3.29. The smallest absolute Gasteiger partial charge is 0.277 e. The number of carbonyl (C=O) groups excluding carboxylic acids is 1. The predicted molar refractivity (Wildman–Crippen MR) is 107 cm³/mol. The summed E-state index contributed by atoms with van der Waals surface area (Å²) >= 11 is 1.28. The number of aryl methyl sites for hydroxylation is 2. The maximum absolute atomic E-state index is 13.6. The van der Waals surface area contributed by atoms with Gasteiger partial charge in [-0.2, -0.15) is 5.10 Å². The minimum atomic E-state index is -0.329. The van der Waals surface area contributed by atoms with Crippen LogP contribution in [0.4, 0.5) is 9.52 Å². The number of pyridine rings is 1. The van der Waals surface area contributed by atoms with Crippen LogP contribution in [-0.2, 0) is 13.1 Å². The number of hydrogen-bond acceptors (Lipinski definition) is 5. The van der Waals surface area contributed by atoms with Gasteiger partial charge >= 0.3 is 0 Å². The lowest BCUT2D eigenvalue weighted by Gasteiger charge is -2.19. The van der Waals surface area contributed by atoms with Crippen molar-refractivity contribution in [3.05, 3.63) is 71.6 Å². The Morgan fingerprint density at radius 3 is 2.86 bits per heavy atom. The summed E-state index contributed by atoms with van der Waals surface area (Å²) in [4.78, 5) is 23.9. The Morgan fingerprint density at radius 1 is 1.25 bits per heavy atom. The van der Waals surface area contributed by atoms with Crippen LogP contribution in [0.1, 0.15) is 28.8 Å². The fraction of sp³-hybridized carbons (Fsp3) is 0.200. The third kappa shape index (κ3) is 3.50. The van der Waals surface area contributed by atoms with Crippen LogP contribution in [0.5, 0.6) is 0 Å². The maximum Gasteiger partial charge on any atom is 0.278 e. The summed E-state index contributed by atoms with van der Waals surface area (Å²) in [6.45, 7) is 4.63. The Morgan fingerprint density at radius 2 is 2.11 bits per heavy atom. The fourth-order valence-corrected chi connectivity index (χ4v) is 3.97. The van der Waals surface area contributed by atoms with E-state index in [4.69, 9.17) is 0 Å². The Labute approximate surface area is 165 Å². The predicted octanol–water partition coefficient (Wildman–Crippen LogP) is 4.20. The van der Waals surface area contributed by atoms with E-state index in [1.54, 1.807) is 27.9 Å². The molecule has 0 unspecified atom stereocenters. The molecule has 28 heavy (non-hydrogen) atoms. The van der Waals surface area contributed by atoms with Crippen LogP contribution >= 0.6 is 11.3 Å². The number of halogens is 1. The summed E-state index contributed by atoms with van der Waals surface area (Å²) < 4.78 is 16.0. The quantitative estimate of drug-likeness (QED) is 0.508. The van der Waals surface area contributed by atoms with Crippen LogP contribution in [0, 0.1) is 12.7 Å². The molecule has 142 valence electrons. The molecule has 0 saturated heterocycles. The van der Waals surface area contributed by atoms with Crippen LogP contribution in [-0.4, -0.2) is 25.7 Å². The highest BCUT2D eigenvalue weighted by Gasteiger charge is 2.25. The standard InChI is InChI=1S/C20H18FN5OS/c1-3-26-17(10-13(2)24-26)19(27)25(12-15-6-4-5-9-22-15)20-23-16-8-7-14(21)11-18(16)28-20/h4-11H,3,12H2,1-2H3. The van der Waals surface area contributed by atoms with Crippen molar-refractivity contribution >= 4 is 32.6 Å². The van der Waals surface area contributed by atoms with Gasteiger partial charge in [0.1, 0.15) is 11.5 Å². The zero-order chi connectivity index (χ0) is 19.7. The molecule has 0 fully saturated rings. The summed E-state index contributed by atoms with van der Waals surface area (Å²) in [5.41, 5.74) is 2.65. The van der Waals surface area contributed by atoms with Crippen LogP contribution in [0.15, 0.2) is 48.7 Å². The number of thiazole rings is 1. The Hall–Kier alpha value is -3.13. The van der Waals surface area contributed by atoms with E-state index in [1.165, 1.54) is 23.5 Å². The largest absolute Gasteiger partial charge is 0.278 e. The molecule has 0 radical (unpaired) electrons. The number of nitrogens with zero attached hydrogens (tertiary/aromatic N) is 5. The van der Waals surface area contributed by atoms with E-state index < -0.39 is 0 Å². The summed E-state index contributed by atoms with van der Waals surface area (Å²) in [6.07, 6.45) is 1.69. The Bertz CT molecular complexity index is 1140. The maximum atomic E-state index is 13.6. The highest BCUT2D eigenvalue weighted by Crippen LogP contribution is 2.31. The lowest BCUT2D eigenvalue weighted by Crippen LogP contribution is -2.32. The SMILES string of the molecule is CCn1nc(C)cc1C(=O)N(Cc1ccccn1)c1nc2ccc(F)cc2s1. The van der Waals surface area contributed by atoms with E-state index in [9.17, 15) is 9.18 Å². The van der Waals surface area contributed by atoms with Gasteiger partial charge in [0, 0.05) is 12.7 Å². The molecule has 1 amide bonds. The normalized spacial score (nSPS) is 11.1. The highest BCUT2D eigenvalue weighted by molar-refractivity contribution is 7.22. The minimum Gasteiger partial charge on any atom is -0.277 e. The van der Waals surface area contributed by atoms with E-state index in [-0.39, 0.29) is 18.3 Å². The van der Waals surface area contributed by atoms with E-state index >= 15 is 0 Å². The highest BCUT2D eigenvalue weighted by atomic mass is 32.1. The molecule has 6 nitrogen and oxygen atoms in total. The van der Waals surface area contributed by atoms with Gasteiger partial charge in [-0.05, 0) is 50.2 Å². The molecular formula is C20H18FN5OS. The molecule has 0 aliphatic carbocycles. The lowest BCUT2D eigenvalue weighted by atomic mass is 10.3. The van der Waals surface area contributed by atoms with E-state index in [0.717, 1.165) is 11.4 Å². The first-order valence-electron chi connectivity index (χ1n) is 8.87. The number of fused-ring (bicyclic) bond motifs is 1. The molecule has 8 heteroatoms. The lowest BCUT2D eigenvalue weighted by molar-refractivity contribution is 0.0974. The first-order chi connectivity index (χ1) is 13.5. The number of benzene rings is 1. The van der Waals surface area contributed by atoms with Gasteiger partial charge in [0.15, 0.2) is 5.13 Å². The van der Waals surface area contributed by atoms with Crippen molar-refractivity contribution in [2.24, 2.45) is 0 Å². The Balaban J connectivity index is 1.79. The van der Waals surface area contributed by atoms with Gasteiger partial charge in [0.05, 0.1) is 28.1 Å². The van der Waals surface area contributed by atoms with Crippen molar-refractivity contribution in [2.45, 2.75) is 26.9 Å². The number of amides is 1. The van der Waals surface area contributed by atoms with Crippen LogP contribution < -0.4 is 4.90 Å². The summed E-state index contributed by atoms with van der Waals surface area (Å²) in [7, 11) is 0. The summed E-state index contributed by atoms with van der Waals surface area (Å²) in [5.74, 6) is -0.544. The summed E-state index contributed by atoms with van der Waals surface area (Å²) in [5, 5.41) is 4.87. The molecule has 4 rings (SSSR count). The van der Waals surface area contributed by atoms with Gasteiger partial charge in [-0.3, -0.25) is 19.4 Å². The number of carbonyl (C=O) groups is 1. The average molecular weight is 395 g/mol. The van der Waals surface area contributed by atoms with Crippen molar-refractivity contribution in [1.82, 2.24) is 19.7 Å². The second-order valence-electron chi connectivity index (χ2n) is 6.31. The Kier molecular flexibility index (Phi) is 4.87. The first-order valence-corrected chi connectivity index (χ1v) is 9.69. The number of hydrogen-bond donors (Lipinski definition) is 0. The third-order valence-electron chi connectivity index (χ3n) is 4.28. The van der Waals surface area contributed by atoms with Gasteiger partial charge in [-0.1, -0.05) is 17.4 Å². The molecule has 3 aromatic heterocycles. The monoisotopic (exact) mass is 395 g/mol. The molecule has 0 aliphatic rings. The molecule has 3 heterocycles. The molecule has 0 aliphatic heterocycles. The van der Waals surface area contributed by atoms with Crippen LogP contribution in [0.2, 0.25) is 0 Å². The molecule has 0 saturated carbocycles. The van der Waals surface area contributed by atoms with E-state index in [2.05, 4.69) is 15.1 Å². The second kappa shape index (κ2) is 7.47. The van der Waals surface area contributed by atoms with E-state index in [0.29, 0.717) is 27.6 Å². The van der Waals surface area contributed by atoms with Gasteiger partial charge in [0.25, 0.3) is 5.91 Å². The molecule has 0 spiro atoms. The minimum absolute atomic E-state index is 0.215. The molecule has 0 bridgehead atoms. The van der Waals surface area contributed by atoms with Crippen LogP contribution in [0.25, 0.3) is 10.2 Å². The number of anilines is 1.